The van der Waals surface area contributed by atoms with Crippen LogP contribution in [0.4, 0.5) is 0 Å². The molecular formula is C18H29N. The van der Waals surface area contributed by atoms with E-state index in [1.54, 1.807) is 0 Å². The molecule has 1 aromatic carbocycles. The predicted octanol–water partition coefficient (Wildman–Crippen LogP) is 5.75. The molecule has 0 amide bonds. The van der Waals surface area contributed by atoms with Gasteiger partial charge in [0.1, 0.15) is 0 Å². The zero-order valence-electron chi connectivity index (χ0n) is 13.4. The lowest BCUT2D eigenvalue weighted by Gasteiger charge is -1.99. The number of hydrogen-bond acceptors (Lipinski definition) is 1. The number of hydrogen-bond donors (Lipinski definition) is 0. The van der Waals surface area contributed by atoms with Gasteiger partial charge in [0.25, 0.3) is 0 Å². The Morgan fingerprint density at radius 2 is 1.05 bits per heavy atom. The van der Waals surface area contributed by atoms with Crippen molar-refractivity contribution in [2.75, 3.05) is 0 Å². The van der Waals surface area contributed by atoms with Crippen LogP contribution in [0.5, 0.6) is 0 Å². The molecule has 19 heavy (non-hydrogen) atoms. The number of benzene rings is 1. The average Bonchev–Trinajstić information content (AvgIpc) is 2.55. The summed E-state index contributed by atoms with van der Waals surface area (Å²) in [6.07, 6.45) is 4.65. The molecule has 1 nitrogen and oxygen atoms in total. The van der Waals surface area contributed by atoms with Crippen molar-refractivity contribution >= 4 is 0 Å². The summed E-state index contributed by atoms with van der Waals surface area (Å²) in [5.74, 6) is 0. The Hall–Kier alpha value is -1.63. The van der Waals surface area contributed by atoms with Crippen LogP contribution < -0.4 is 0 Å². The van der Waals surface area contributed by atoms with Gasteiger partial charge in [0, 0.05) is 12.4 Å². The van der Waals surface area contributed by atoms with Crippen LogP contribution >= 0.6 is 0 Å². The minimum atomic E-state index is 0.989. The topological polar surface area (TPSA) is 12.9 Å². The Bertz CT molecular complexity index is 316. The fraction of sp³-hybridized carbons (Fsp3) is 0.389. The molecule has 1 heterocycles. The number of nitrogens with zero attached hydrogens (tertiary/aromatic N) is 1. The van der Waals surface area contributed by atoms with E-state index in [1.807, 2.05) is 72.1 Å². The van der Waals surface area contributed by atoms with E-state index in [4.69, 9.17) is 0 Å². The summed E-state index contributed by atoms with van der Waals surface area (Å²) in [6, 6.07) is 14.5. The van der Waals surface area contributed by atoms with Crippen molar-refractivity contribution in [3.63, 3.8) is 0 Å². The molecule has 0 atom stereocenters. The first-order valence-corrected chi connectivity index (χ1v) is 7.38. The minimum Gasteiger partial charge on any atom is -0.265 e. The first-order chi connectivity index (χ1) is 9.45. The van der Waals surface area contributed by atoms with Crippen molar-refractivity contribution in [1.82, 2.24) is 4.98 Å². The Morgan fingerprint density at radius 3 is 1.53 bits per heavy atom. The molecule has 0 spiro atoms. The molecule has 2 rings (SSSR count). The molecular weight excluding hydrogens is 230 g/mol. The van der Waals surface area contributed by atoms with Gasteiger partial charge in [-0.25, -0.2) is 0 Å². The van der Waals surface area contributed by atoms with Crippen LogP contribution in [-0.4, -0.2) is 4.98 Å². The van der Waals surface area contributed by atoms with E-state index >= 15 is 0 Å². The second kappa shape index (κ2) is 16.4. The molecule has 0 bridgehead atoms. The Kier molecular flexibility index (Phi) is 17.0. The largest absolute Gasteiger partial charge is 0.265 e. The highest BCUT2D eigenvalue weighted by Gasteiger charge is 1.93. The van der Waals surface area contributed by atoms with Crippen LogP contribution in [0, 0.1) is 0 Å². The van der Waals surface area contributed by atoms with E-state index in [0.29, 0.717) is 0 Å². The van der Waals surface area contributed by atoms with E-state index < -0.39 is 0 Å². The summed E-state index contributed by atoms with van der Waals surface area (Å²) in [7, 11) is 0. The average molecular weight is 259 g/mol. The van der Waals surface area contributed by atoms with Gasteiger partial charge in [0.2, 0.25) is 0 Å². The molecule has 1 heteroatoms. The van der Waals surface area contributed by atoms with Gasteiger partial charge in [-0.15, -0.1) is 0 Å². The molecule has 0 aliphatic carbocycles. The highest BCUT2D eigenvalue weighted by atomic mass is 14.6. The van der Waals surface area contributed by atoms with Gasteiger partial charge in [-0.1, -0.05) is 71.9 Å². The molecule has 106 valence electrons. The quantitative estimate of drug-likeness (QED) is 0.669. The van der Waals surface area contributed by atoms with Gasteiger partial charge in [-0.2, -0.15) is 0 Å². The zero-order valence-corrected chi connectivity index (χ0v) is 13.4. The van der Waals surface area contributed by atoms with E-state index in [2.05, 4.69) is 29.2 Å². The van der Waals surface area contributed by atoms with Gasteiger partial charge < -0.3 is 0 Å². The first-order valence-electron chi connectivity index (χ1n) is 7.38. The first kappa shape index (κ1) is 19.7. The van der Waals surface area contributed by atoms with E-state index in [9.17, 15) is 0 Å². The number of aromatic nitrogens is 1. The standard InChI is InChI=1S/C12H11N.3C2H6/c1-2-4-11(5-3-1)10-12-6-8-13-9-7-12;3*1-2/h1-9H,10H2;3*1-2H3. The molecule has 0 aliphatic rings. The molecule has 0 saturated carbocycles. The molecule has 0 radical (unpaired) electrons. The Labute approximate surface area is 119 Å². The fourth-order valence-electron chi connectivity index (χ4n) is 1.33. The van der Waals surface area contributed by atoms with E-state index in [-0.39, 0.29) is 0 Å². The second-order valence-corrected chi connectivity index (χ2v) is 3.02. The SMILES string of the molecule is CC.CC.CC.c1ccc(Cc2ccncc2)cc1. The molecule has 2 aromatic rings. The van der Waals surface area contributed by atoms with Crippen molar-refractivity contribution in [3.8, 4) is 0 Å². The summed E-state index contributed by atoms with van der Waals surface area (Å²) < 4.78 is 0. The summed E-state index contributed by atoms with van der Waals surface area (Å²) >= 11 is 0. The smallest absolute Gasteiger partial charge is 0.0270 e. The lowest BCUT2D eigenvalue weighted by atomic mass is 10.1. The van der Waals surface area contributed by atoms with Crippen LogP contribution in [0.15, 0.2) is 54.9 Å². The highest BCUT2D eigenvalue weighted by Crippen LogP contribution is 2.07. The zero-order chi connectivity index (χ0) is 14.9. The van der Waals surface area contributed by atoms with Gasteiger partial charge >= 0.3 is 0 Å². The van der Waals surface area contributed by atoms with Crippen molar-refractivity contribution in [2.24, 2.45) is 0 Å². The van der Waals surface area contributed by atoms with Gasteiger partial charge in [0.05, 0.1) is 0 Å². The van der Waals surface area contributed by atoms with Gasteiger partial charge in [-0.05, 0) is 29.7 Å². The summed E-state index contributed by atoms with van der Waals surface area (Å²) in [6.45, 7) is 12.0. The van der Waals surface area contributed by atoms with Crippen molar-refractivity contribution < 1.29 is 0 Å². The fourth-order valence-corrected chi connectivity index (χ4v) is 1.33. The maximum atomic E-state index is 3.99. The van der Waals surface area contributed by atoms with Crippen LogP contribution in [0.25, 0.3) is 0 Å². The second-order valence-electron chi connectivity index (χ2n) is 3.02. The third-order valence-electron chi connectivity index (χ3n) is 2.00. The molecule has 1 aromatic heterocycles. The monoisotopic (exact) mass is 259 g/mol. The van der Waals surface area contributed by atoms with Gasteiger partial charge in [-0.3, -0.25) is 4.98 Å². The Balaban J connectivity index is 0. The van der Waals surface area contributed by atoms with Crippen molar-refractivity contribution in [1.29, 1.82) is 0 Å². The molecule has 0 aliphatic heterocycles. The molecule has 0 saturated heterocycles. The number of rotatable bonds is 2. The van der Waals surface area contributed by atoms with Crippen LogP contribution in [0.2, 0.25) is 0 Å². The molecule has 0 fully saturated rings. The summed E-state index contributed by atoms with van der Waals surface area (Å²) in [5.41, 5.74) is 2.65. The molecule has 0 unspecified atom stereocenters. The van der Waals surface area contributed by atoms with Crippen molar-refractivity contribution in [3.05, 3.63) is 66.0 Å². The Morgan fingerprint density at radius 1 is 0.632 bits per heavy atom. The maximum absolute atomic E-state index is 3.99. The highest BCUT2D eigenvalue weighted by molar-refractivity contribution is 5.23. The van der Waals surface area contributed by atoms with Crippen LogP contribution in [0.1, 0.15) is 52.7 Å². The van der Waals surface area contributed by atoms with Crippen LogP contribution in [-0.2, 0) is 6.42 Å². The lowest BCUT2D eigenvalue weighted by Crippen LogP contribution is -1.86. The van der Waals surface area contributed by atoms with Crippen LogP contribution in [0.3, 0.4) is 0 Å². The third kappa shape index (κ3) is 10.0. The van der Waals surface area contributed by atoms with Gasteiger partial charge in [0.15, 0.2) is 0 Å². The lowest BCUT2D eigenvalue weighted by molar-refractivity contribution is 1.16. The van der Waals surface area contributed by atoms with E-state index in [0.717, 1.165) is 6.42 Å². The predicted molar refractivity (Wildman–Crippen MR) is 87.5 cm³/mol. The minimum absolute atomic E-state index is 0.989. The maximum Gasteiger partial charge on any atom is 0.0270 e. The summed E-state index contributed by atoms with van der Waals surface area (Å²) in [4.78, 5) is 3.99. The third-order valence-corrected chi connectivity index (χ3v) is 2.00. The van der Waals surface area contributed by atoms with E-state index in [1.165, 1.54) is 11.1 Å². The van der Waals surface area contributed by atoms with Crippen molar-refractivity contribution in [2.45, 2.75) is 48.0 Å². The summed E-state index contributed by atoms with van der Waals surface area (Å²) in [5, 5.41) is 0. The number of pyridine rings is 1. The normalized spacial score (nSPS) is 7.68. The molecule has 0 N–H and O–H groups in total.